The van der Waals surface area contributed by atoms with Crippen molar-refractivity contribution in [2.75, 3.05) is 11.2 Å². The smallest absolute Gasteiger partial charge is 0.130 e. The molecule has 0 radical (unpaired) electrons. The van der Waals surface area contributed by atoms with E-state index in [0.29, 0.717) is 11.8 Å². The summed E-state index contributed by atoms with van der Waals surface area (Å²) in [5, 5.41) is 3.58. The standard InChI is InChI=1S/C15H24ClN3/c1-11(2)13-8-14(18-10-17-13)19-15(9-16)6-4-12(3)5-7-15/h8,10-12H,4-7,9H2,1-3H3,(H,17,18,19). The molecular weight excluding hydrogens is 258 g/mol. The fourth-order valence-corrected chi connectivity index (χ4v) is 2.97. The predicted octanol–water partition coefficient (Wildman–Crippen LogP) is 4.20. The fraction of sp³-hybridized carbons (Fsp3) is 0.733. The van der Waals surface area contributed by atoms with Gasteiger partial charge in [-0.15, -0.1) is 11.6 Å². The summed E-state index contributed by atoms with van der Waals surface area (Å²) in [6, 6.07) is 2.05. The molecule has 0 amide bonds. The van der Waals surface area contributed by atoms with Crippen LogP contribution in [0.25, 0.3) is 0 Å². The van der Waals surface area contributed by atoms with Gasteiger partial charge >= 0.3 is 0 Å². The number of aromatic nitrogens is 2. The summed E-state index contributed by atoms with van der Waals surface area (Å²) < 4.78 is 0. The summed E-state index contributed by atoms with van der Waals surface area (Å²) in [7, 11) is 0. The van der Waals surface area contributed by atoms with E-state index in [1.54, 1.807) is 6.33 Å². The minimum absolute atomic E-state index is 0.0106. The largest absolute Gasteiger partial charge is 0.363 e. The summed E-state index contributed by atoms with van der Waals surface area (Å²) >= 11 is 6.23. The third kappa shape index (κ3) is 3.59. The van der Waals surface area contributed by atoms with Crippen molar-refractivity contribution in [1.82, 2.24) is 9.97 Å². The first-order chi connectivity index (χ1) is 9.04. The Bertz CT molecular complexity index is 412. The molecule has 1 aromatic rings. The molecule has 1 N–H and O–H groups in total. The van der Waals surface area contributed by atoms with Crippen LogP contribution in [-0.2, 0) is 0 Å². The molecule has 0 unspecified atom stereocenters. The van der Waals surface area contributed by atoms with E-state index in [1.165, 1.54) is 12.8 Å². The SMILES string of the molecule is CC1CCC(CCl)(Nc2cc(C(C)C)ncn2)CC1. The Morgan fingerprint density at radius 1 is 1.37 bits per heavy atom. The molecular formula is C15H24ClN3. The maximum atomic E-state index is 6.23. The second-order valence-corrected chi connectivity index (χ2v) is 6.47. The second-order valence-electron chi connectivity index (χ2n) is 6.20. The topological polar surface area (TPSA) is 37.8 Å². The van der Waals surface area contributed by atoms with Crippen LogP contribution in [0, 0.1) is 5.92 Å². The van der Waals surface area contributed by atoms with E-state index in [0.717, 1.165) is 30.3 Å². The molecule has 106 valence electrons. The highest BCUT2D eigenvalue weighted by atomic mass is 35.5. The Balaban J connectivity index is 2.12. The number of halogens is 1. The van der Waals surface area contributed by atoms with Gasteiger partial charge in [-0.05, 0) is 37.5 Å². The number of nitrogens with zero attached hydrogens (tertiary/aromatic N) is 2. The molecule has 1 aliphatic rings. The Kier molecular flexibility index (Phi) is 4.67. The second kappa shape index (κ2) is 6.08. The quantitative estimate of drug-likeness (QED) is 0.841. The maximum Gasteiger partial charge on any atom is 0.130 e. The molecule has 2 rings (SSSR count). The van der Waals surface area contributed by atoms with Crippen LogP contribution in [0.1, 0.15) is 58.1 Å². The summed E-state index contributed by atoms with van der Waals surface area (Å²) in [5.74, 6) is 2.78. The first kappa shape index (κ1) is 14.6. The van der Waals surface area contributed by atoms with Gasteiger partial charge in [0.25, 0.3) is 0 Å². The van der Waals surface area contributed by atoms with Crippen LogP contribution < -0.4 is 5.32 Å². The monoisotopic (exact) mass is 281 g/mol. The molecule has 0 bridgehead atoms. The Labute approximate surface area is 121 Å². The Morgan fingerprint density at radius 3 is 2.63 bits per heavy atom. The van der Waals surface area contributed by atoms with Crippen molar-refractivity contribution in [3.8, 4) is 0 Å². The molecule has 4 heteroatoms. The number of nitrogens with one attached hydrogen (secondary N) is 1. The minimum atomic E-state index is 0.0106. The van der Waals surface area contributed by atoms with Crippen molar-refractivity contribution in [2.24, 2.45) is 5.92 Å². The van der Waals surface area contributed by atoms with Crippen molar-refractivity contribution >= 4 is 17.4 Å². The lowest BCUT2D eigenvalue weighted by molar-refractivity contribution is 0.286. The van der Waals surface area contributed by atoms with Crippen molar-refractivity contribution in [2.45, 2.75) is 57.9 Å². The van der Waals surface area contributed by atoms with Gasteiger partial charge in [-0.2, -0.15) is 0 Å². The van der Waals surface area contributed by atoms with Crippen LogP contribution in [0.15, 0.2) is 12.4 Å². The van der Waals surface area contributed by atoms with Gasteiger partial charge in [-0.1, -0.05) is 20.8 Å². The first-order valence-corrected chi connectivity index (χ1v) is 7.74. The zero-order valence-electron chi connectivity index (χ0n) is 12.1. The summed E-state index contributed by atoms with van der Waals surface area (Å²) in [6.45, 7) is 6.61. The van der Waals surface area contributed by atoms with Gasteiger partial charge in [-0.25, -0.2) is 9.97 Å². The average Bonchev–Trinajstić information content (AvgIpc) is 2.42. The fourth-order valence-electron chi connectivity index (χ4n) is 2.63. The molecule has 0 atom stereocenters. The van der Waals surface area contributed by atoms with Gasteiger partial charge < -0.3 is 5.32 Å². The zero-order chi connectivity index (χ0) is 13.9. The Hall–Kier alpha value is -0.830. The van der Waals surface area contributed by atoms with E-state index in [4.69, 9.17) is 11.6 Å². The lowest BCUT2D eigenvalue weighted by Gasteiger charge is -2.39. The van der Waals surface area contributed by atoms with Crippen molar-refractivity contribution in [3.63, 3.8) is 0 Å². The highest BCUT2D eigenvalue weighted by Crippen LogP contribution is 2.35. The van der Waals surface area contributed by atoms with E-state index in [2.05, 4.69) is 42.1 Å². The third-order valence-corrected chi connectivity index (χ3v) is 4.67. The molecule has 1 heterocycles. The van der Waals surface area contributed by atoms with Gasteiger partial charge in [0.15, 0.2) is 0 Å². The molecule has 0 aromatic carbocycles. The van der Waals surface area contributed by atoms with Gasteiger partial charge in [-0.3, -0.25) is 0 Å². The number of alkyl halides is 1. The number of rotatable bonds is 4. The first-order valence-electron chi connectivity index (χ1n) is 7.21. The lowest BCUT2D eigenvalue weighted by atomic mass is 9.78. The van der Waals surface area contributed by atoms with Crippen LogP contribution in [0.3, 0.4) is 0 Å². The Morgan fingerprint density at radius 2 is 2.05 bits per heavy atom. The molecule has 0 saturated heterocycles. The highest BCUT2D eigenvalue weighted by molar-refractivity contribution is 6.18. The van der Waals surface area contributed by atoms with E-state index in [9.17, 15) is 0 Å². The number of hydrogen-bond acceptors (Lipinski definition) is 3. The van der Waals surface area contributed by atoms with E-state index < -0.39 is 0 Å². The molecule has 1 aromatic heterocycles. The summed E-state index contributed by atoms with van der Waals surface area (Å²) in [4.78, 5) is 8.66. The predicted molar refractivity (Wildman–Crippen MR) is 80.8 cm³/mol. The summed E-state index contributed by atoms with van der Waals surface area (Å²) in [5.41, 5.74) is 1.09. The van der Waals surface area contributed by atoms with Gasteiger partial charge in [0, 0.05) is 17.6 Å². The average molecular weight is 282 g/mol. The minimum Gasteiger partial charge on any atom is -0.363 e. The van der Waals surface area contributed by atoms with E-state index >= 15 is 0 Å². The molecule has 1 aliphatic carbocycles. The molecule has 19 heavy (non-hydrogen) atoms. The van der Waals surface area contributed by atoms with Gasteiger partial charge in [0.1, 0.15) is 12.1 Å². The van der Waals surface area contributed by atoms with Gasteiger partial charge in [0.2, 0.25) is 0 Å². The van der Waals surface area contributed by atoms with Crippen LogP contribution in [-0.4, -0.2) is 21.4 Å². The molecule has 0 aliphatic heterocycles. The third-order valence-electron chi connectivity index (χ3n) is 4.16. The van der Waals surface area contributed by atoms with Crippen molar-refractivity contribution in [3.05, 3.63) is 18.1 Å². The highest BCUT2D eigenvalue weighted by Gasteiger charge is 2.33. The summed E-state index contributed by atoms with van der Waals surface area (Å²) in [6.07, 6.45) is 6.37. The maximum absolute atomic E-state index is 6.23. The van der Waals surface area contributed by atoms with E-state index in [1.807, 2.05) is 0 Å². The van der Waals surface area contributed by atoms with E-state index in [-0.39, 0.29) is 5.54 Å². The van der Waals surface area contributed by atoms with Crippen molar-refractivity contribution < 1.29 is 0 Å². The number of anilines is 1. The normalized spacial score (nSPS) is 27.5. The van der Waals surface area contributed by atoms with Gasteiger partial charge in [0.05, 0.1) is 5.54 Å². The van der Waals surface area contributed by atoms with Crippen LogP contribution in [0.4, 0.5) is 5.82 Å². The lowest BCUT2D eigenvalue weighted by Crippen LogP contribution is -2.43. The van der Waals surface area contributed by atoms with Crippen molar-refractivity contribution in [1.29, 1.82) is 0 Å². The molecule has 0 spiro atoms. The number of hydrogen-bond donors (Lipinski definition) is 1. The molecule has 1 saturated carbocycles. The zero-order valence-corrected chi connectivity index (χ0v) is 12.9. The molecule has 3 nitrogen and oxygen atoms in total. The van der Waals surface area contributed by atoms with Crippen LogP contribution in [0.2, 0.25) is 0 Å². The van der Waals surface area contributed by atoms with Crippen LogP contribution >= 0.6 is 11.6 Å². The van der Waals surface area contributed by atoms with Crippen LogP contribution in [0.5, 0.6) is 0 Å². The molecule has 1 fully saturated rings.